The molecule has 0 unspecified atom stereocenters. The number of hydrogen-bond donors (Lipinski definition) is 3. The number of rotatable bonds is 7. The molecule has 0 bridgehead atoms. The number of nitrogens with one attached hydrogen (secondary N) is 2. The van der Waals surface area contributed by atoms with Gasteiger partial charge in [0, 0.05) is 0 Å². The lowest BCUT2D eigenvalue weighted by atomic mass is 10.0. The monoisotopic (exact) mass is 297 g/mol. The Kier molecular flexibility index (Phi) is 5.89. The molecule has 116 valence electrons. The van der Waals surface area contributed by atoms with E-state index in [1.54, 1.807) is 6.92 Å². The van der Waals surface area contributed by atoms with Crippen molar-refractivity contribution < 1.29 is 23.9 Å². The van der Waals surface area contributed by atoms with Gasteiger partial charge < -0.3 is 20.2 Å². The molecule has 1 aromatic rings. The van der Waals surface area contributed by atoms with Crippen LogP contribution in [0.2, 0.25) is 0 Å². The number of carbonyl (C=O) groups is 3. The van der Waals surface area contributed by atoms with Crippen LogP contribution < -0.4 is 10.6 Å². The van der Waals surface area contributed by atoms with E-state index in [0.29, 0.717) is 12.1 Å². The van der Waals surface area contributed by atoms with Gasteiger partial charge in [-0.1, -0.05) is 13.8 Å². The predicted molar refractivity (Wildman–Crippen MR) is 72.6 cm³/mol. The second-order valence-corrected chi connectivity index (χ2v) is 5.04. The second-order valence-electron chi connectivity index (χ2n) is 5.04. The van der Waals surface area contributed by atoms with Crippen molar-refractivity contribution in [3.05, 3.63) is 17.8 Å². The highest BCUT2D eigenvalue weighted by molar-refractivity contribution is 5.95. The largest absolute Gasteiger partial charge is 0.480 e. The van der Waals surface area contributed by atoms with E-state index in [-0.39, 0.29) is 18.2 Å². The summed E-state index contributed by atoms with van der Waals surface area (Å²) in [5.41, 5.74) is 0.413. The van der Waals surface area contributed by atoms with E-state index in [2.05, 4.69) is 15.6 Å². The molecule has 2 amide bonds. The van der Waals surface area contributed by atoms with Gasteiger partial charge in [-0.15, -0.1) is 0 Å². The first-order valence-corrected chi connectivity index (χ1v) is 6.51. The lowest BCUT2D eigenvalue weighted by Crippen LogP contribution is -2.46. The average molecular weight is 297 g/mol. The van der Waals surface area contributed by atoms with Gasteiger partial charge in [-0.2, -0.15) is 0 Å². The fourth-order valence-electron chi connectivity index (χ4n) is 1.70. The summed E-state index contributed by atoms with van der Waals surface area (Å²) in [5, 5.41) is 13.7. The molecule has 0 saturated heterocycles. The van der Waals surface area contributed by atoms with Crippen LogP contribution in [-0.2, 0) is 9.59 Å². The fraction of sp³-hybridized carbons (Fsp3) is 0.538. The molecule has 3 N–H and O–H groups in total. The molecular weight excluding hydrogens is 278 g/mol. The maximum absolute atomic E-state index is 11.7. The number of carboxylic acid groups (broad SMARTS) is 1. The number of carbonyl (C=O) groups excluding carboxylic acids is 2. The highest BCUT2D eigenvalue weighted by Crippen LogP contribution is 2.05. The SMILES string of the molecule is Cc1ncoc1C(=O)NCC(=O)N[C@@H](CC(C)C)C(=O)O. The van der Waals surface area contributed by atoms with E-state index in [1.807, 2.05) is 13.8 Å². The zero-order valence-corrected chi connectivity index (χ0v) is 12.2. The Hall–Kier alpha value is -2.38. The molecule has 0 aliphatic rings. The van der Waals surface area contributed by atoms with Crippen molar-refractivity contribution in [3.63, 3.8) is 0 Å². The van der Waals surface area contributed by atoms with Crippen LogP contribution in [0.4, 0.5) is 0 Å². The highest BCUT2D eigenvalue weighted by atomic mass is 16.4. The van der Waals surface area contributed by atoms with E-state index in [4.69, 9.17) is 9.52 Å². The van der Waals surface area contributed by atoms with Gasteiger partial charge in [0.1, 0.15) is 6.04 Å². The Morgan fingerprint density at radius 2 is 2.05 bits per heavy atom. The first kappa shape index (κ1) is 16.7. The molecule has 8 nitrogen and oxygen atoms in total. The smallest absolute Gasteiger partial charge is 0.326 e. The predicted octanol–water partition coefficient (Wildman–Crippen LogP) is 0.328. The maximum Gasteiger partial charge on any atom is 0.326 e. The Morgan fingerprint density at radius 1 is 1.38 bits per heavy atom. The molecule has 0 aliphatic carbocycles. The standard InChI is InChI=1S/C13H19N3O5/c1-7(2)4-9(13(19)20)16-10(17)5-14-12(18)11-8(3)15-6-21-11/h6-7,9H,4-5H2,1-3H3,(H,14,18)(H,16,17)(H,19,20)/t9-/m0/s1. The first-order valence-electron chi connectivity index (χ1n) is 6.51. The molecule has 0 radical (unpaired) electrons. The molecule has 0 saturated carbocycles. The number of hydrogen-bond acceptors (Lipinski definition) is 5. The van der Waals surface area contributed by atoms with E-state index in [9.17, 15) is 14.4 Å². The Labute approximate surface area is 121 Å². The molecular formula is C13H19N3O5. The van der Waals surface area contributed by atoms with Crippen LogP contribution in [0.1, 0.15) is 36.5 Å². The Balaban J connectivity index is 2.48. The minimum atomic E-state index is -1.10. The zero-order valence-electron chi connectivity index (χ0n) is 12.2. The van der Waals surface area contributed by atoms with Crippen LogP contribution in [0.25, 0.3) is 0 Å². The lowest BCUT2D eigenvalue weighted by molar-refractivity contribution is -0.142. The summed E-state index contributed by atoms with van der Waals surface area (Å²) in [6, 6.07) is -0.971. The van der Waals surface area contributed by atoms with Gasteiger partial charge in [0.15, 0.2) is 6.39 Å². The topological polar surface area (TPSA) is 122 Å². The molecule has 0 spiro atoms. The van der Waals surface area contributed by atoms with Gasteiger partial charge in [-0.25, -0.2) is 9.78 Å². The van der Waals surface area contributed by atoms with Crippen LogP contribution in [0, 0.1) is 12.8 Å². The van der Waals surface area contributed by atoms with Crippen LogP contribution in [0.3, 0.4) is 0 Å². The molecule has 0 fully saturated rings. The highest BCUT2D eigenvalue weighted by Gasteiger charge is 2.21. The zero-order chi connectivity index (χ0) is 16.0. The van der Waals surface area contributed by atoms with Crippen LogP contribution in [0.5, 0.6) is 0 Å². The number of carboxylic acids is 1. The van der Waals surface area contributed by atoms with Gasteiger partial charge in [0.25, 0.3) is 5.91 Å². The fourth-order valence-corrected chi connectivity index (χ4v) is 1.70. The summed E-state index contributed by atoms with van der Waals surface area (Å²) in [5.74, 6) is -2.10. The summed E-state index contributed by atoms with van der Waals surface area (Å²) >= 11 is 0. The molecule has 8 heteroatoms. The number of aliphatic carboxylic acids is 1. The number of aromatic nitrogens is 1. The van der Waals surface area contributed by atoms with E-state index >= 15 is 0 Å². The molecule has 1 heterocycles. The molecule has 1 atom stereocenters. The minimum absolute atomic E-state index is 0.0276. The normalized spacial score (nSPS) is 12.0. The summed E-state index contributed by atoms with van der Waals surface area (Å²) < 4.78 is 4.88. The number of amides is 2. The van der Waals surface area contributed by atoms with Crippen LogP contribution in [0.15, 0.2) is 10.8 Å². The van der Waals surface area contributed by atoms with Crippen molar-refractivity contribution in [3.8, 4) is 0 Å². The summed E-state index contributed by atoms with van der Waals surface area (Å²) in [6.45, 7) is 4.98. The quantitative estimate of drug-likeness (QED) is 0.666. The Bertz CT molecular complexity index is 524. The van der Waals surface area contributed by atoms with Crippen LogP contribution >= 0.6 is 0 Å². The third-order valence-corrected chi connectivity index (χ3v) is 2.70. The third-order valence-electron chi connectivity index (χ3n) is 2.70. The van der Waals surface area contributed by atoms with Crippen molar-refractivity contribution in [1.29, 1.82) is 0 Å². The number of aryl methyl sites for hydroxylation is 1. The molecule has 0 aromatic carbocycles. The van der Waals surface area contributed by atoms with Crippen molar-refractivity contribution in [2.24, 2.45) is 5.92 Å². The average Bonchev–Trinajstić information content (AvgIpc) is 2.81. The summed E-state index contributed by atoms with van der Waals surface area (Å²) in [7, 11) is 0. The molecule has 1 aromatic heterocycles. The summed E-state index contributed by atoms with van der Waals surface area (Å²) in [6.07, 6.45) is 1.45. The van der Waals surface area contributed by atoms with Crippen molar-refractivity contribution in [2.75, 3.05) is 6.54 Å². The Morgan fingerprint density at radius 3 is 2.52 bits per heavy atom. The van der Waals surface area contributed by atoms with E-state index in [1.165, 1.54) is 0 Å². The maximum atomic E-state index is 11.7. The van der Waals surface area contributed by atoms with Gasteiger partial charge in [-0.3, -0.25) is 9.59 Å². The van der Waals surface area contributed by atoms with Gasteiger partial charge >= 0.3 is 5.97 Å². The van der Waals surface area contributed by atoms with Crippen molar-refractivity contribution in [1.82, 2.24) is 15.6 Å². The molecule has 0 aliphatic heterocycles. The third kappa shape index (κ3) is 5.25. The van der Waals surface area contributed by atoms with E-state index in [0.717, 1.165) is 6.39 Å². The van der Waals surface area contributed by atoms with Crippen molar-refractivity contribution >= 4 is 17.8 Å². The first-order chi connectivity index (χ1) is 9.81. The van der Waals surface area contributed by atoms with Crippen molar-refractivity contribution in [2.45, 2.75) is 33.2 Å². The molecule has 21 heavy (non-hydrogen) atoms. The van der Waals surface area contributed by atoms with Gasteiger partial charge in [0.2, 0.25) is 11.7 Å². The summed E-state index contributed by atoms with van der Waals surface area (Å²) in [4.78, 5) is 38.1. The number of oxazole rings is 1. The lowest BCUT2D eigenvalue weighted by Gasteiger charge is -2.16. The molecule has 1 rings (SSSR count). The van der Waals surface area contributed by atoms with Gasteiger partial charge in [-0.05, 0) is 19.3 Å². The second kappa shape index (κ2) is 7.41. The van der Waals surface area contributed by atoms with Crippen LogP contribution in [-0.4, -0.2) is 40.5 Å². The number of nitrogens with zero attached hydrogens (tertiary/aromatic N) is 1. The minimum Gasteiger partial charge on any atom is -0.480 e. The van der Waals surface area contributed by atoms with Gasteiger partial charge in [0.05, 0.1) is 12.2 Å². The van der Waals surface area contributed by atoms with E-state index < -0.39 is 23.8 Å².